The van der Waals surface area contributed by atoms with Crippen molar-refractivity contribution in [2.45, 2.75) is 33.5 Å². The molecule has 4 rings (SSSR count). The molecule has 0 N–H and O–H groups in total. The number of hydrogen-bond donors (Lipinski definition) is 0. The molecule has 0 radical (unpaired) electrons. The van der Waals surface area contributed by atoms with Crippen molar-refractivity contribution in [3.8, 4) is 17.2 Å². The van der Waals surface area contributed by atoms with Crippen LogP contribution in [-0.2, 0) is 19.6 Å². The Morgan fingerprint density at radius 3 is 2.45 bits per heavy atom. The van der Waals surface area contributed by atoms with Gasteiger partial charge in [0.05, 0.1) is 26.6 Å². The van der Waals surface area contributed by atoms with Gasteiger partial charge in [0.1, 0.15) is 6.33 Å². The molecule has 3 aromatic rings. The van der Waals surface area contributed by atoms with Crippen LogP contribution in [0.1, 0.15) is 22.3 Å². The topological polar surface area (TPSA) is 44.5 Å². The lowest BCUT2D eigenvalue weighted by Crippen LogP contribution is -2.32. The first-order valence-electron chi connectivity index (χ1n) is 9.68. The number of aromatic nitrogens is 3. The Kier molecular flexibility index (Phi) is 5.43. The van der Waals surface area contributed by atoms with Gasteiger partial charge in [-0.25, -0.2) is 4.68 Å². The molecular formula is C22H26N4O2S. The Morgan fingerprint density at radius 1 is 1.03 bits per heavy atom. The summed E-state index contributed by atoms with van der Waals surface area (Å²) in [5.74, 6) is 1.55. The van der Waals surface area contributed by atoms with Crippen LogP contribution in [0.25, 0.3) is 5.69 Å². The summed E-state index contributed by atoms with van der Waals surface area (Å²) in [5, 5.41) is 4.56. The maximum Gasteiger partial charge on any atom is 0.203 e. The second-order valence-corrected chi connectivity index (χ2v) is 7.86. The minimum absolute atomic E-state index is 0.657. The highest BCUT2D eigenvalue weighted by Crippen LogP contribution is 2.33. The zero-order chi connectivity index (χ0) is 20.5. The van der Waals surface area contributed by atoms with Gasteiger partial charge in [0.2, 0.25) is 4.77 Å². The third-order valence-electron chi connectivity index (χ3n) is 5.48. The summed E-state index contributed by atoms with van der Waals surface area (Å²) in [6, 6.07) is 10.5. The Labute approximate surface area is 176 Å². The second-order valence-electron chi connectivity index (χ2n) is 7.49. The SMILES string of the molecule is COc1cc2c(cc1OC)CN(Cn1ncn(-c3ccc(C)cc3C)c1=S)CC2. The monoisotopic (exact) mass is 410 g/mol. The average Bonchev–Trinajstić information content (AvgIpc) is 3.07. The van der Waals surface area contributed by atoms with Gasteiger partial charge in [-0.05, 0) is 67.4 Å². The highest BCUT2D eigenvalue weighted by molar-refractivity contribution is 7.71. The molecule has 2 heterocycles. The predicted octanol–water partition coefficient (Wildman–Crippen LogP) is 4.05. The molecule has 0 unspecified atom stereocenters. The summed E-state index contributed by atoms with van der Waals surface area (Å²) < 4.78 is 15.5. The lowest BCUT2D eigenvalue weighted by molar-refractivity contribution is 0.187. The molecule has 152 valence electrons. The zero-order valence-corrected chi connectivity index (χ0v) is 18.1. The Hall–Kier alpha value is -2.64. The standard InChI is InChI=1S/C22H26N4O2S/c1-15-5-6-19(16(2)9-15)25-13-23-26(22(25)29)14-24-8-7-17-10-20(27-3)21(28-4)11-18(17)12-24/h5-6,9-11,13H,7-8,12,14H2,1-4H3. The molecule has 29 heavy (non-hydrogen) atoms. The van der Waals surface area contributed by atoms with Gasteiger partial charge in [0, 0.05) is 13.1 Å². The van der Waals surface area contributed by atoms with Crippen LogP contribution in [-0.4, -0.2) is 40.0 Å². The van der Waals surface area contributed by atoms with E-state index in [0.717, 1.165) is 36.7 Å². The molecule has 0 amide bonds. The van der Waals surface area contributed by atoms with E-state index >= 15 is 0 Å². The number of methoxy groups -OCH3 is 2. The van der Waals surface area contributed by atoms with Gasteiger partial charge in [-0.15, -0.1) is 0 Å². The number of nitrogens with zero attached hydrogens (tertiary/aromatic N) is 4. The van der Waals surface area contributed by atoms with Crippen molar-refractivity contribution in [3.05, 3.63) is 63.7 Å². The van der Waals surface area contributed by atoms with Gasteiger partial charge in [-0.2, -0.15) is 5.10 Å². The van der Waals surface area contributed by atoms with E-state index in [-0.39, 0.29) is 0 Å². The van der Waals surface area contributed by atoms with Crippen LogP contribution in [0.5, 0.6) is 11.5 Å². The van der Waals surface area contributed by atoms with E-state index in [1.165, 1.54) is 22.3 Å². The first-order valence-corrected chi connectivity index (χ1v) is 10.1. The quantitative estimate of drug-likeness (QED) is 0.594. The number of aryl methyl sites for hydroxylation is 2. The van der Waals surface area contributed by atoms with E-state index in [1.54, 1.807) is 14.2 Å². The van der Waals surface area contributed by atoms with Crippen LogP contribution >= 0.6 is 12.2 Å². The summed E-state index contributed by atoms with van der Waals surface area (Å²) in [5.41, 5.74) is 6.07. The van der Waals surface area contributed by atoms with Gasteiger partial charge in [-0.3, -0.25) is 9.47 Å². The van der Waals surface area contributed by atoms with Gasteiger partial charge in [0.25, 0.3) is 0 Å². The van der Waals surface area contributed by atoms with E-state index in [0.29, 0.717) is 11.4 Å². The summed E-state index contributed by atoms with van der Waals surface area (Å²) in [6.45, 7) is 6.63. The van der Waals surface area contributed by atoms with E-state index in [1.807, 2.05) is 15.6 Å². The molecular weight excluding hydrogens is 384 g/mol. The lowest BCUT2D eigenvalue weighted by atomic mass is 9.99. The molecule has 2 aromatic carbocycles. The summed E-state index contributed by atoms with van der Waals surface area (Å²) in [7, 11) is 3.34. The van der Waals surface area contributed by atoms with Crippen LogP contribution in [0.2, 0.25) is 0 Å². The van der Waals surface area contributed by atoms with Crippen molar-refractivity contribution in [2.24, 2.45) is 0 Å². The van der Waals surface area contributed by atoms with E-state index in [9.17, 15) is 0 Å². The average molecular weight is 411 g/mol. The van der Waals surface area contributed by atoms with E-state index in [4.69, 9.17) is 21.7 Å². The fraction of sp³-hybridized carbons (Fsp3) is 0.364. The molecule has 0 bridgehead atoms. The van der Waals surface area contributed by atoms with Crippen LogP contribution in [0.15, 0.2) is 36.7 Å². The fourth-order valence-corrected chi connectivity index (χ4v) is 4.18. The smallest absolute Gasteiger partial charge is 0.203 e. The van der Waals surface area contributed by atoms with Gasteiger partial charge in [-0.1, -0.05) is 17.7 Å². The van der Waals surface area contributed by atoms with Crippen molar-refractivity contribution >= 4 is 12.2 Å². The zero-order valence-electron chi connectivity index (χ0n) is 17.3. The highest BCUT2D eigenvalue weighted by atomic mass is 32.1. The molecule has 0 spiro atoms. The number of rotatable bonds is 5. The lowest BCUT2D eigenvalue weighted by Gasteiger charge is -2.29. The minimum atomic E-state index is 0.657. The van der Waals surface area contributed by atoms with Gasteiger partial charge < -0.3 is 9.47 Å². The molecule has 0 atom stereocenters. The van der Waals surface area contributed by atoms with E-state index in [2.05, 4.69) is 54.2 Å². The molecule has 1 aromatic heterocycles. The predicted molar refractivity (Wildman–Crippen MR) is 116 cm³/mol. The van der Waals surface area contributed by atoms with E-state index < -0.39 is 0 Å². The van der Waals surface area contributed by atoms with Crippen LogP contribution in [0.4, 0.5) is 0 Å². The molecule has 0 fully saturated rings. The molecule has 1 aliphatic rings. The molecule has 1 aliphatic heterocycles. The van der Waals surface area contributed by atoms with Crippen molar-refractivity contribution in [3.63, 3.8) is 0 Å². The number of benzene rings is 2. The van der Waals surface area contributed by atoms with Gasteiger partial charge in [0.15, 0.2) is 11.5 Å². The largest absolute Gasteiger partial charge is 0.493 e. The normalized spacial score (nSPS) is 13.9. The van der Waals surface area contributed by atoms with Crippen LogP contribution < -0.4 is 9.47 Å². The van der Waals surface area contributed by atoms with Crippen LogP contribution in [0.3, 0.4) is 0 Å². The van der Waals surface area contributed by atoms with Crippen molar-refractivity contribution in [2.75, 3.05) is 20.8 Å². The second kappa shape index (κ2) is 8.00. The molecule has 0 saturated heterocycles. The fourth-order valence-electron chi connectivity index (χ4n) is 3.93. The first kappa shape index (κ1) is 19.7. The van der Waals surface area contributed by atoms with Crippen molar-refractivity contribution in [1.82, 2.24) is 19.2 Å². The number of ether oxygens (including phenoxy) is 2. The Balaban J connectivity index is 1.56. The molecule has 0 saturated carbocycles. The van der Waals surface area contributed by atoms with Crippen molar-refractivity contribution < 1.29 is 9.47 Å². The first-order chi connectivity index (χ1) is 14.0. The van der Waals surface area contributed by atoms with Crippen molar-refractivity contribution in [1.29, 1.82) is 0 Å². The van der Waals surface area contributed by atoms with Gasteiger partial charge >= 0.3 is 0 Å². The number of hydrogen-bond acceptors (Lipinski definition) is 5. The van der Waals surface area contributed by atoms with Crippen LogP contribution in [0, 0.1) is 18.6 Å². The third kappa shape index (κ3) is 3.80. The summed E-state index contributed by atoms with van der Waals surface area (Å²) >= 11 is 5.72. The molecule has 6 nitrogen and oxygen atoms in total. The maximum absolute atomic E-state index is 5.72. The number of fused-ring (bicyclic) bond motifs is 1. The minimum Gasteiger partial charge on any atom is -0.493 e. The molecule has 0 aliphatic carbocycles. The summed E-state index contributed by atoms with van der Waals surface area (Å²) in [6.07, 6.45) is 2.77. The Bertz CT molecular complexity index is 1100. The maximum atomic E-state index is 5.72. The third-order valence-corrected chi connectivity index (χ3v) is 5.88. The highest BCUT2D eigenvalue weighted by Gasteiger charge is 2.20. The summed E-state index contributed by atoms with van der Waals surface area (Å²) in [4.78, 5) is 2.35. The Morgan fingerprint density at radius 2 is 1.76 bits per heavy atom. The molecule has 7 heteroatoms.